The average Bonchev–Trinajstić information content (AvgIpc) is 2.68. The summed E-state index contributed by atoms with van der Waals surface area (Å²) in [7, 11) is -1.99. The third-order valence-electron chi connectivity index (χ3n) is 4.69. The predicted molar refractivity (Wildman–Crippen MR) is 101 cm³/mol. The number of nitrogens with zero attached hydrogens (tertiary/aromatic N) is 2. The molecule has 7 heteroatoms. The summed E-state index contributed by atoms with van der Waals surface area (Å²) in [6.07, 6.45) is 2.75. The first-order chi connectivity index (χ1) is 12.9. The van der Waals surface area contributed by atoms with Gasteiger partial charge in [0, 0.05) is 32.2 Å². The largest absolute Gasteiger partial charge is 0.337 e. The molecule has 2 aromatic carbocycles. The van der Waals surface area contributed by atoms with Crippen LogP contribution in [0, 0.1) is 5.82 Å². The van der Waals surface area contributed by atoms with Gasteiger partial charge in [-0.1, -0.05) is 24.6 Å². The summed E-state index contributed by atoms with van der Waals surface area (Å²) in [6, 6.07) is 12.2. The lowest BCUT2D eigenvalue weighted by atomic mass is 10.1. The van der Waals surface area contributed by atoms with Crippen LogP contribution in [0.15, 0.2) is 53.4 Å². The second kappa shape index (κ2) is 8.19. The van der Waals surface area contributed by atoms with E-state index in [2.05, 4.69) is 0 Å². The molecule has 1 saturated heterocycles. The Morgan fingerprint density at radius 3 is 2.48 bits per heavy atom. The number of carbonyl (C=O) groups excluding carboxylic acids is 1. The number of benzene rings is 2. The third kappa shape index (κ3) is 4.54. The summed E-state index contributed by atoms with van der Waals surface area (Å²) in [5, 5.41) is 0. The number of hydrogen-bond acceptors (Lipinski definition) is 3. The molecule has 2 aromatic rings. The number of sulfonamides is 1. The quantitative estimate of drug-likeness (QED) is 0.787. The topological polar surface area (TPSA) is 57.7 Å². The van der Waals surface area contributed by atoms with E-state index in [-0.39, 0.29) is 23.2 Å². The molecule has 1 amide bonds. The molecule has 0 unspecified atom stereocenters. The summed E-state index contributed by atoms with van der Waals surface area (Å²) in [5.41, 5.74) is 0.968. The zero-order chi connectivity index (χ0) is 19.4. The highest BCUT2D eigenvalue weighted by Crippen LogP contribution is 2.22. The van der Waals surface area contributed by atoms with Gasteiger partial charge in [-0.3, -0.25) is 4.79 Å². The molecule has 0 radical (unpaired) electrons. The van der Waals surface area contributed by atoms with Crippen LogP contribution in [0.5, 0.6) is 0 Å². The highest BCUT2D eigenvalue weighted by molar-refractivity contribution is 7.89. The van der Waals surface area contributed by atoms with Crippen LogP contribution in [0.2, 0.25) is 0 Å². The van der Waals surface area contributed by atoms with Crippen molar-refractivity contribution in [2.24, 2.45) is 0 Å². The molecule has 0 saturated carbocycles. The van der Waals surface area contributed by atoms with E-state index in [1.165, 1.54) is 33.5 Å². The van der Waals surface area contributed by atoms with Crippen molar-refractivity contribution in [3.63, 3.8) is 0 Å². The van der Waals surface area contributed by atoms with Crippen molar-refractivity contribution in [1.29, 1.82) is 0 Å². The Kier molecular flexibility index (Phi) is 5.92. The molecule has 5 nitrogen and oxygen atoms in total. The number of rotatable bonds is 5. The Bertz CT molecular complexity index is 924. The van der Waals surface area contributed by atoms with Crippen LogP contribution in [-0.4, -0.2) is 43.7 Å². The van der Waals surface area contributed by atoms with Crippen LogP contribution >= 0.6 is 0 Å². The van der Waals surface area contributed by atoms with Gasteiger partial charge in [0.1, 0.15) is 5.82 Å². The van der Waals surface area contributed by atoms with Crippen molar-refractivity contribution in [3.05, 3.63) is 65.5 Å². The number of hydrogen-bond donors (Lipinski definition) is 0. The molecular weight excluding hydrogens is 367 g/mol. The molecule has 1 aliphatic heterocycles. The van der Waals surface area contributed by atoms with E-state index < -0.39 is 10.0 Å². The summed E-state index contributed by atoms with van der Waals surface area (Å²) >= 11 is 0. The van der Waals surface area contributed by atoms with Gasteiger partial charge in [-0.2, -0.15) is 4.31 Å². The number of amides is 1. The van der Waals surface area contributed by atoms with Gasteiger partial charge in [0.15, 0.2) is 0 Å². The van der Waals surface area contributed by atoms with Gasteiger partial charge in [-0.15, -0.1) is 0 Å². The first-order valence-corrected chi connectivity index (χ1v) is 10.4. The molecule has 3 rings (SSSR count). The fraction of sp³-hybridized carbons (Fsp3) is 0.350. The summed E-state index contributed by atoms with van der Waals surface area (Å²) in [5.74, 6) is -0.669. The lowest BCUT2D eigenvalue weighted by Crippen LogP contribution is -2.35. The molecule has 1 heterocycles. The Balaban J connectivity index is 1.78. The second-order valence-electron chi connectivity index (χ2n) is 6.78. The molecule has 1 fully saturated rings. The smallest absolute Gasteiger partial charge is 0.253 e. The van der Waals surface area contributed by atoms with Crippen LogP contribution in [-0.2, 0) is 16.6 Å². The Labute approximate surface area is 159 Å². The van der Waals surface area contributed by atoms with Crippen molar-refractivity contribution in [3.8, 4) is 0 Å². The highest BCUT2D eigenvalue weighted by atomic mass is 32.2. The van der Waals surface area contributed by atoms with E-state index >= 15 is 0 Å². The monoisotopic (exact) mass is 390 g/mol. The van der Waals surface area contributed by atoms with Crippen molar-refractivity contribution in [2.45, 2.75) is 30.7 Å². The number of piperidine rings is 1. The zero-order valence-electron chi connectivity index (χ0n) is 15.3. The molecule has 0 atom stereocenters. The lowest BCUT2D eigenvalue weighted by molar-refractivity contribution is 0.0784. The maximum atomic E-state index is 13.3. The Morgan fingerprint density at radius 1 is 1.07 bits per heavy atom. The standard InChI is InChI=1S/C20H23FN2O3S/c1-22(15-16-7-5-9-18(21)13-16)20(24)17-8-6-10-19(14-17)27(25,26)23-11-3-2-4-12-23/h5-10,13-14H,2-4,11-12,15H2,1H3. The molecule has 1 aliphatic rings. The number of halogens is 1. The Hall–Kier alpha value is -2.25. The zero-order valence-corrected chi connectivity index (χ0v) is 16.1. The van der Waals surface area contributed by atoms with Crippen molar-refractivity contribution >= 4 is 15.9 Å². The van der Waals surface area contributed by atoms with Gasteiger partial charge in [0.05, 0.1) is 4.90 Å². The fourth-order valence-electron chi connectivity index (χ4n) is 3.25. The molecule has 27 heavy (non-hydrogen) atoms. The van der Waals surface area contributed by atoms with E-state index in [4.69, 9.17) is 0 Å². The van der Waals surface area contributed by atoms with Crippen molar-refractivity contribution in [1.82, 2.24) is 9.21 Å². The van der Waals surface area contributed by atoms with Crippen molar-refractivity contribution < 1.29 is 17.6 Å². The van der Waals surface area contributed by atoms with E-state index in [0.717, 1.165) is 19.3 Å². The minimum absolute atomic E-state index is 0.134. The second-order valence-corrected chi connectivity index (χ2v) is 8.72. The Morgan fingerprint density at radius 2 is 1.78 bits per heavy atom. The lowest BCUT2D eigenvalue weighted by Gasteiger charge is -2.26. The maximum absolute atomic E-state index is 13.3. The van der Waals surface area contributed by atoms with Gasteiger partial charge in [-0.05, 0) is 48.7 Å². The molecule has 0 aliphatic carbocycles. The summed E-state index contributed by atoms with van der Waals surface area (Å²) in [4.78, 5) is 14.3. The molecular formula is C20H23FN2O3S. The molecule has 0 N–H and O–H groups in total. The minimum Gasteiger partial charge on any atom is -0.337 e. The summed E-state index contributed by atoms with van der Waals surface area (Å²) in [6.45, 7) is 1.26. The molecule has 0 bridgehead atoms. The first-order valence-electron chi connectivity index (χ1n) is 8.98. The van der Waals surface area contributed by atoms with E-state index in [0.29, 0.717) is 24.2 Å². The normalized spacial score (nSPS) is 15.5. The minimum atomic E-state index is -3.60. The third-order valence-corrected chi connectivity index (χ3v) is 6.58. The average molecular weight is 390 g/mol. The molecule has 0 aromatic heterocycles. The van der Waals surface area contributed by atoms with Gasteiger partial charge in [0.2, 0.25) is 10.0 Å². The van der Waals surface area contributed by atoms with E-state index in [1.807, 2.05) is 0 Å². The van der Waals surface area contributed by atoms with Crippen LogP contribution in [0.1, 0.15) is 35.2 Å². The van der Waals surface area contributed by atoms with Crippen LogP contribution < -0.4 is 0 Å². The van der Waals surface area contributed by atoms with Crippen LogP contribution in [0.3, 0.4) is 0 Å². The van der Waals surface area contributed by atoms with E-state index in [9.17, 15) is 17.6 Å². The maximum Gasteiger partial charge on any atom is 0.253 e. The van der Waals surface area contributed by atoms with E-state index in [1.54, 1.807) is 31.3 Å². The fourth-order valence-corrected chi connectivity index (χ4v) is 4.81. The molecule has 0 spiro atoms. The van der Waals surface area contributed by atoms with Gasteiger partial charge in [0.25, 0.3) is 5.91 Å². The van der Waals surface area contributed by atoms with Crippen LogP contribution in [0.25, 0.3) is 0 Å². The first kappa shape index (κ1) is 19.5. The van der Waals surface area contributed by atoms with Gasteiger partial charge >= 0.3 is 0 Å². The highest BCUT2D eigenvalue weighted by Gasteiger charge is 2.26. The van der Waals surface area contributed by atoms with Gasteiger partial charge < -0.3 is 4.90 Å². The van der Waals surface area contributed by atoms with Gasteiger partial charge in [-0.25, -0.2) is 12.8 Å². The van der Waals surface area contributed by atoms with Crippen molar-refractivity contribution in [2.75, 3.05) is 20.1 Å². The number of carbonyl (C=O) groups is 1. The molecule has 144 valence electrons. The summed E-state index contributed by atoms with van der Waals surface area (Å²) < 4.78 is 40.4. The predicted octanol–water partition coefficient (Wildman–Crippen LogP) is 3.27. The van der Waals surface area contributed by atoms with Crippen LogP contribution in [0.4, 0.5) is 4.39 Å². The SMILES string of the molecule is CN(Cc1cccc(F)c1)C(=O)c1cccc(S(=O)(=O)N2CCCCC2)c1.